The molecule has 0 bridgehead atoms. The molecule has 114 valence electrons. The van der Waals surface area contributed by atoms with Gasteiger partial charge in [-0.2, -0.15) is 0 Å². The number of nitrogens with one attached hydrogen (secondary N) is 1. The maximum atomic E-state index is 12.1. The standard InChI is InChI=1S/C12H19ClN2O3S2/c1-9(19(2)16)5-6-15-20(17,18)11-4-3-10(8-14)12(13)7-11/h3-4,7,9,15H,5-6,8,14H2,1-2H3. The Hall–Kier alpha value is -0.470. The summed E-state index contributed by atoms with van der Waals surface area (Å²) in [5, 5.41) is 0.277. The van der Waals surface area contributed by atoms with Crippen molar-refractivity contribution >= 4 is 32.4 Å². The molecule has 0 fully saturated rings. The first kappa shape index (κ1) is 17.6. The second kappa shape index (κ2) is 7.51. The fraction of sp³-hybridized carbons (Fsp3) is 0.500. The van der Waals surface area contributed by atoms with E-state index in [0.29, 0.717) is 17.0 Å². The number of nitrogens with two attached hydrogens (primary N) is 1. The fourth-order valence-corrected chi connectivity index (χ4v) is 3.35. The predicted octanol–water partition coefficient (Wildman–Crippen LogP) is 1.23. The molecular weight excluding hydrogens is 320 g/mol. The van der Waals surface area contributed by atoms with E-state index in [1.165, 1.54) is 12.1 Å². The summed E-state index contributed by atoms with van der Waals surface area (Å²) < 4.78 is 37.8. The van der Waals surface area contributed by atoms with Crippen LogP contribution in [0, 0.1) is 0 Å². The first-order valence-corrected chi connectivity index (χ1v) is 9.56. The molecule has 5 nitrogen and oxygen atoms in total. The third kappa shape index (κ3) is 4.82. The monoisotopic (exact) mass is 338 g/mol. The molecular formula is C12H19ClN2O3S2. The first-order valence-electron chi connectivity index (χ1n) is 6.08. The van der Waals surface area contributed by atoms with Crippen LogP contribution in [0.3, 0.4) is 0 Å². The summed E-state index contributed by atoms with van der Waals surface area (Å²) in [7, 11) is -4.56. The Morgan fingerprint density at radius 1 is 1.45 bits per heavy atom. The predicted molar refractivity (Wildman–Crippen MR) is 82.7 cm³/mol. The Labute approximate surface area is 127 Å². The number of hydrogen-bond donors (Lipinski definition) is 2. The molecule has 1 aromatic carbocycles. The summed E-state index contributed by atoms with van der Waals surface area (Å²) in [6.07, 6.45) is 2.11. The van der Waals surface area contributed by atoms with Gasteiger partial charge in [0.2, 0.25) is 10.0 Å². The molecule has 2 atom stereocenters. The number of halogens is 1. The van der Waals surface area contributed by atoms with Gasteiger partial charge in [0, 0.05) is 40.4 Å². The highest BCUT2D eigenvalue weighted by Gasteiger charge is 2.16. The molecule has 3 N–H and O–H groups in total. The van der Waals surface area contributed by atoms with Crippen molar-refractivity contribution in [1.82, 2.24) is 4.72 Å². The molecule has 0 heterocycles. The Balaban J connectivity index is 2.74. The third-order valence-corrected chi connectivity index (χ3v) is 6.14. The van der Waals surface area contributed by atoms with Crippen molar-refractivity contribution in [2.45, 2.75) is 30.0 Å². The Morgan fingerprint density at radius 2 is 2.10 bits per heavy atom. The first-order chi connectivity index (χ1) is 9.27. The van der Waals surface area contributed by atoms with Crippen molar-refractivity contribution in [2.75, 3.05) is 12.8 Å². The van der Waals surface area contributed by atoms with Gasteiger partial charge in [0.1, 0.15) is 0 Å². The SMILES string of the molecule is CC(CCNS(=O)(=O)c1ccc(CN)c(Cl)c1)S(C)=O. The lowest BCUT2D eigenvalue weighted by atomic mass is 10.2. The van der Waals surface area contributed by atoms with Gasteiger partial charge in [0.05, 0.1) is 4.90 Å². The molecule has 0 aliphatic carbocycles. The molecule has 0 amide bonds. The van der Waals surface area contributed by atoms with Gasteiger partial charge >= 0.3 is 0 Å². The van der Waals surface area contributed by atoms with Crippen LogP contribution in [-0.2, 0) is 27.4 Å². The largest absolute Gasteiger partial charge is 0.326 e. The second-order valence-electron chi connectivity index (χ2n) is 4.45. The zero-order valence-corrected chi connectivity index (χ0v) is 13.8. The van der Waals surface area contributed by atoms with Gasteiger partial charge < -0.3 is 5.73 Å². The van der Waals surface area contributed by atoms with Crippen molar-refractivity contribution in [1.29, 1.82) is 0 Å². The lowest BCUT2D eigenvalue weighted by molar-refractivity contribution is 0.578. The van der Waals surface area contributed by atoms with Gasteiger partial charge in [-0.25, -0.2) is 13.1 Å². The molecule has 0 aliphatic rings. The summed E-state index contributed by atoms with van der Waals surface area (Å²) >= 11 is 5.95. The number of rotatable bonds is 7. The minimum atomic E-state index is -3.60. The van der Waals surface area contributed by atoms with Crippen LogP contribution in [0.2, 0.25) is 5.02 Å². The second-order valence-corrected chi connectivity index (χ2v) is 8.43. The minimum Gasteiger partial charge on any atom is -0.326 e. The summed E-state index contributed by atoms with van der Waals surface area (Å²) in [6, 6.07) is 4.45. The van der Waals surface area contributed by atoms with Gasteiger partial charge in [0.15, 0.2) is 0 Å². The molecule has 1 aromatic rings. The van der Waals surface area contributed by atoms with Crippen LogP contribution < -0.4 is 10.5 Å². The quantitative estimate of drug-likeness (QED) is 0.782. The number of sulfonamides is 1. The van der Waals surface area contributed by atoms with Gasteiger partial charge in [-0.1, -0.05) is 24.6 Å². The molecule has 1 rings (SSSR count). The van der Waals surface area contributed by atoms with Crippen LogP contribution in [0.25, 0.3) is 0 Å². The van der Waals surface area contributed by atoms with Gasteiger partial charge in [-0.15, -0.1) is 0 Å². The maximum Gasteiger partial charge on any atom is 0.240 e. The van der Waals surface area contributed by atoms with E-state index in [1.807, 2.05) is 6.92 Å². The molecule has 8 heteroatoms. The fourth-order valence-electron chi connectivity index (χ4n) is 1.51. The van der Waals surface area contributed by atoms with Crippen LogP contribution in [-0.4, -0.2) is 30.7 Å². The topological polar surface area (TPSA) is 89.3 Å². The van der Waals surface area contributed by atoms with E-state index in [4.69, 9.17) is 17.3 Å². The Morgan fingerprint density at radius 3 is 2.60 bits per heavy atom. The number of benzene rings is 1. The van der Waals surface area contributed by atoms with Gasteiger partial charge in [-0.05, 0) is 24.1 Å². The third-order valence-electron chi connectivity index (χ3n) is 2.96. The van der Waals surface area contributed by atoms with Crippen molar-refractivity contribution in [2.24, 2.45) is 5.73 Å². The van der Waals surface area contributed by atoms with E-state index in [0.717, 1.165) is 0 Å². The highest BCUT2D eigenvalue weighted by molar-refractivity contribution is 7.89. The average Bonchev–Trinajstić information content (AvgIpc) is 2.38. The van der Waals surface area contributed by atoms with Crippen molar-refractivity contribution < 1.29 is 12.6 Å². The lowest BCUT2D eigenvalue weighted by Gasteiger charge is -2.11. The highest BCUT2D eigenvalue weighted by Crippen LogP contribution is 2.20. The smallest absolute Gasteiger partial charge is 0.240 e. The average molecular weight is 339 g/mol. The summed E-state index contributed by atoms with van der Waals surface area (Å²) in [5.41, 5.74) is 6.17. The van der Waals surface area contributed by atoms with Crippen LogP contribution in [0.4, 0.5) is 0 Å². The van der Waals surface area contributed by atoms with Gasteiger partial charge in [-0.3, -0.25) is 4.21 Å². The van der Waals surface area contributed by atoms with E-state index in [1.54, 1.807) is 12.3 Å². The van der Waals surface area contributed by atoms with E-state index in [2.05, 4.69) is 4.72 Å². The summed E-state index contributed by atoms with van der Waals surface area (Å²) in [5.74, 6) is 0. The van der Waals surface area contributed by atoms with Crippen LogP contribution >= 0.6 is 11.6 Å². The van der Waals surface area contributed by atoms with Crippen LogP contribution in [0.15, 0.2) is 23.1 Å². The van der Waals surface area contributed by atoms with Gasteiger partial charge in [0.25, 0.3) is 0 Å². The normalized spacial score (nSPS) is 15.0. The Kier molecular flexibility index (Phi) is 6.60. The molecule has 0 saturated heterocycles. The Bertz CT molecular complexity index is 590. The zero-order valence-electron chi connectivity index (χ0n) is 11.4. The highest BCUT2D eigenvalue weighted by atomic mass is 35.5. The molecule has 2 unspecified atom stereocenters. The lowest BCUT2D eigenvalue weighted by Crippen LogP contribution is -2.27. The van der Waals surface area contributed by atoms with Crippen molar-refractivity contribution in [3.05, 3.63) is 28.8 Å². The minimum absolute atomic E-state index is 0.0547. The molecule has 0 aliphatic heterocycles. The van der Waals surface area contributed by atoms with Crippen LogP contribution in [0.1, 0.15) is 18.9 Å². The van der Waals surface area contributed by atoms with Crippen LogP contribution in [0.5, 0.6) is 0 Å². The maximum absolute atomic E-state index is 12.1. The molecule has 0 aromatic heterocycles. The zero-order chi connectivity index (χ0) is 15.3. The van der Waals surface area contributed by atoms with E-state index in [9.17, 15) is 12.6 Å². The number of hydrogen-bond acceptors (Lipinski definition) is 4. The molecule has 0 saturated carbocycles. The van der Waals surface area contributed by atoms with Crippen molar-refractivity contribution in [3.63, 3.8) is 0 Å². The molecule has 20 heavy (non-hydrogen) atoms. The summed E-state index contributed by atoms with van der Waals surface area (Å²) in [4.78, 5) is 0.102. The van der Waals surface area contributed by atoms with Crippen molar-refractivity contribution in [3.8, 4) is 0 Å². The molecule has 0 radical (unpaired) electrons. The molecule has 0 spiro atoms. The summed E-state index contributed by atoms with van der Waals surface area (Å²) in [6.45, 7) is 2.31. The van der Waals surface area contributed by atoms with E-state index >= 15 is 0 Å². The van der Waals surface area contributed by atoms with E-state index < -0.39 is 20.8 Å². The van der Waals surface area contributed by atoms with E-state index in [-0.39, 0.29) is 23.2 Å².